The smallest absolute Gasteiger partial charge is 0.0405 e. The molecule has 0 radical (unpaired) electrons. The molecule has 0 amide bonds. The predicted molar refractivity (Wildman–Crippen MR) is 41.9 cm³/mol. The van der Waals surface area contributed by atoms with E-state index in [1.165, 1.54) is 12.8 Å². The molecule has 10 heavy (non-hydrogen) atoms. The second kappa shape index (κ2) is 2.36. The van der Waals surface area contributed by atoms with Crippen molar-refractivity contribution < 1.29 is 0 Å². The third kappa shape index (κ3) is 0.879. The van der Waals surface area contributed by atoms with Gasteiger partial charge in [0.2, 0.25) is 0 Å². The number of fused-ring (bicyclic) bond motifs is 3. The molecule has 3 heterocycles. The van der Waals surface area contributed by atoms with Gasteiger partial charge in [0.25, 0.3) is 0 Å². The quantitative estimate of drug-likeness (QED) is 0.508. The van der Waals surface area contributed by atoms with Gasteiger partial charge < -0.3 is 10.6 Å². The lowest BCUT2D eigenvalue weighted by molar-refractivity contribution is 0.213. The zero-order valence-electron chi connectivity index (χ0n) is 6.14. The van der Waals surface area contributed by atoms with Crippen LogP contribution in [0.3, 0.4) is 0 Å². The van der Waals surface area contributed by atoms with Gasteiger partial charge in [0.15, 0.2) is 0 Å². The average Bonchev–Trinajstić information content (AvgIpc) is 2.06. The van der Waals surface area contributed by atoms with Gasteiger partial charge in [-0.15, -0.1) is 6.58 Å². The van der Waals surface area contributed by atoms with Gasteiger partial charge in [-0.05, 0) is 12.8 Å². The lowest BCUT2D eigenvalue weighted by atomic mass is 9.89. The number of piperazine rings is 1. The van der Waals surface area contributed by atoms with Crippen LogP contribution in [0.2, 0.25) is 0 Å². The molecule has 0 saturated carbocycles. The van der Waals surface area contributed by atoms with E-state index in [2.05, 4.69) is 17.2 Å². The Labute approximate surface area is 61.7 Å². The van der Waals surface area contributed by atoms with Gasteiger partial charge in [-0.1, -0.05) is 6.08 Å². The largest absolute Gasteiger partial charge is 0.311 e. The minimum absolute atomic E-state index is 0.521. The number of hydrogen-bond acceptors (Lipinski definition) is 2. The van der Waals surface area contributed by atoms with Gasteiger partial charge in [0.05, 0.1) is 0 Å². The van der Waals surface area contributed by atoms with Crippen molar-refractivity contribution in [3.8, 4) is 0 Å². The Morgan fingerprint density at radius 2 is 2.30 bits per heavy atom. The minimum atomic E-state index is 0.521. The Kier molecular flexibility index (Phi) is 1.51. The fraction of sp³-hybridized carbons (Fsp3) is 0.750. The fourth-order valence-corrected chi connectivity index (χ4v) is 1.95. The van der Waals surface area contributed by atoms with E-state index < -0.39 is 0 Å². The summed E-state index contributed by atoms with van der Waals surface area (Å²) in [6, 6.07) is 1.88. The van der Waals surface area contributed by atoms with Crippen LogP contribution in [0.25, 0.3) is 0 Å². The maximum atomic E-state index is 3.80. The van der Waals surface area contributed by atoms with Crippen LogP contribution >= 0.6 is 0 Å². The second-order valence-electron chi connectivity index (χ2n) is 3.22. The highest BCUT2D eigenvalue weighted by Crippen LogP contribution is 2.18. The van der Waals surface area contributed by atoms with Crippen molar-refractivity contribution in [3.63, 3.8) is 0 Å². The standard InChI is InChI=1S/C8H14N2/c1-2-7-8-4-3-6(10-7)5-9-8/h2,6-10H,1,3-5H2/t6-,7?,8-/m0/s1. The Bertz CT molecular complexity index is 136. The molecular formula is C8H14N2. The van der Waals surface area contributed by atoms with Crippen LogP contribution in [0.4, 0.5) is 0 Å². The first-order valence-corrected chi connectivity index (χ1v) is 4.02. The first-order chi connectivity index (χ1) is 4.90. The van der Waals surface area contributed by atoms with Gasteiger partial charge in [0.1, 0.15) is 0 Å². The summed E-state index contributed by atoms with van der Waals surface area (Å²) in [5, 5.41) is 7.01. The molecule has 2 N–H and O–H groups in total. The second-order valence-corrected chi connectivity index (χ2v) is 3.22. The monoisotopic (exact) mass is 138 g/mol. The van der Waals surface area contributed by atoms with Gasteiger partial charge in [-0.2, -0.15) is 0 Å². The molecule has 0 aromatic carbocycles. The third-order valence-corrected chi connectivity index (χ3v) is 2.57. The lowest BCUT2D eigenvalue weighted by Crippen LogP contribution is -2.64. The van der Waals surface area contributed by atoms with Gasteiger partial charge in [-0.25, -0.2) is 0 Å². The van der Waals surface area contributed by atoms with Crippen LogP contribution < -0.4 is 10.6 Å². The van der Waals surface area contributed by atoms with Crippen LogP contribution in [0, 0.1) is 0 Å². The van der Waals surface area contributed by atoms with E-state index in [0.29, 0.717) is 18.1 Å². The van der Waals surface area contributed by atoms with E-state index in [9.17, 15) is 0 Å². The molecule has 3 atom stereocenters. The molecular weight excluding hydrogens is 124 g/mol. The van der Waals surface area contributed by atoms with Crippen LogP contribution in [-0.4, -0.2) is 24.7 Å². The molecule has 2 nitrogen and oxygen atoms in total. The molecule has 0 aromatic heterocycles. The van der Waals surface area contributed by atoms with E-state index in [-0.39, 0.29) is 0 Å². The van der Waals surface area contributed by atoms with Crippen molar-refractivity contribution in [2.75, 3.05) is 6.54 Å². The third-order valence-electron chi connectivity index (χ3n) is 2.57. The summed E-state index contributed by atoms with van der Waals surface area (Å²) in [5.74, 6) is 0. The van der Waals surface area contributed by atoms with Crippen LogP contribution in [0.5, 0.6) is 0 Å². The molecule has 3 rings (SSSR count). The molecule has 3 saturated heterocycles. The van der Waals surface area contributed by atoms with Crippen molar-refractivity contribution in [2.24, 2.45) is 0 Å². The number of piperidine rings is 2. The Morgan fingerprint density at radius 3 is 2.60 bits per heavy atom. The van der Waals surface area contributed by atoms with Crippen LogP contribution in [0.15, 0.2) is 12.7 Å². The topological polar surface area (TPSA) is 24.1 Å². The van der Waals surface area contributed by atoms with Crippen LogP contribution in [0.1, 0.15) is 12.8 Å². The molecule has 2 bridgehead atoms. The Morgan fingerprint density at radius 1 is 1.40 bits per heavy atom. The zero-order chi connectivity index (χ0) is 6.97. The molecule has 0 aliphatic carbocycles. The van der Waals surface area contributed by atoms with E-state index >= 15 is 0 Å². The summed E-state index contributed by atoms with van der Waals surface area (Å²) >= 11 is 0. The molecule has 1 unspecified atom stereocenters. The maximum Gasteiger partial charge on any atom is 0.0405 e. The van der Waals surface area contributed by atoms with E-state index in [1.54, 1.807) is 0 Å². The van der Waals surface area contributed by atoms with Gasteiger partial charge in [-0.3, -0.25) is 0 Å². The SMILES string of the molecule is C=CC1N[C@H]2CC[C@@H]1NC2. The van der Waals surface area contributed by atoms with Gasteiger partial charge >= 0.3 is 0 Å². The molecule has 3 fully saturated rings. The van der Waals surface area contributed by atoms with Crippen molar-refractivity contribution in [1.82, 2.24) is 10.6 Å². The molecule has 56 valence electrons. The first kappa shape index (κ1) is 6.38. The molecule has 2 heteroatoms. The average molecular weight is 138 g/mol. The van der Waals surface area contributed by atoms with E-state index in [0.717, 1.165) is 6.54 Å². The molecule has 3 aliphatic rings. The Balaban J connectivity index is 2.07. The summed E-state index contributed by atoms with van der Waals surface area (Å²) in [6.07, 6.45) is 4.67. The highest BCUT2D eigenvalue weighted by atomic mass is 15.1. The maximum absolute atomic E-state index is 3.80. The summed E-state index contributed by atoms with van der Waals surface area (Å²) < 4.78 is 0. The lowest BCUT2D eigenvalue weighted by Gasteiger charge is -2.43. The number of rotatable bonds is 1. The Hall–Kier alpha value is -0.340. The minimum Gasteiger partial charge on any atom is -0.311 e. The first-order valence-electron chi connectivity index (χ1n) is 4.02. The highest BCUT2D eigenvalue weighted by molar-refractivity contribution is 5.04. The summed E-state index contributed by atoms with van der Waals surface area (Å²) in [6.45, 7) is 4.95. The predicted octanol–water partition coefficient (Wildman–Crippen LogP) is 0.265. The van der Waals surface area contributed by atoms with Gasteiger partial charge in [0, 0.05) is 24.7 Å². The van der Waals surface area contributed by atoms with Crippen molar-refractivity contribution in [2.45, 2.75) is 31.0 Å². The van der Waals surface area contributed by atoms with Crippen molar-refractivity contribution in [3.05, 3.63) is 12.7 Å². The number of nitrogens with one attached hydrogen (secondary N) is 2. The molecule has 3 aliphatic heterocycles. The van der Waals surface area contributed by atoms with Crippen molar-refractivity contribution in [1.29, 1.82) is 0 Å². The van der Waals surface area contributed by atoms with E-state index in [4.69, 9.17) is 0 Å². The summed E-state index contributed by atoms with van der Waals surface area (Å²) in [7, 11) is 0. The highest BCUT2D eigenvalue weighted by Gasteiger charge is 2.32. The van der Waals surface area contributed by atoms with Crippen molar-refractivity contribution >= 4 is 0 Å². The fourth-order valence-electron chi connectivity index (χ4n) is 1.95. The van der Waals surface area contributed by atoms with E-state index in [1.807, 2.05) is 6.08 Å². The zero-order valence-corrected chi connectivity index (χ0v) is 6.14. The molecule has 0 aromatic rings. The normalized spacial score (nSPS) is 45.4. The molecule has 0 spiro atoms. The summed E-state index contributed by atoms with van der Waals surface area (Å²) in [5.41, 5.74) is 0. The summed E-state index contributed by atoms with van der Waals surface area (Å²) in [4.78, 5) is 0. The number of hydrogen-bond donors (Lipinski definition) is 2. The van der Waals surface area contributed by atoms with Crippen LogP contribution in [-0.2, 0) is 0 Å².